The van der Waals surface area contributed by atoms with E-state index in [9.17, 15) is 18.4 Å². The molecular formula is C16H19F2NO3. The second-order valence-electron chi connectivity index (χ2n) is 6.47. The Kier molecular flexibility index (Phi) is 4.49. The molecule has 0 aromatic heterocycles. The molecule has 1 aromatic rings. The predicted octanol–water partition coefficient (Wildman–Crippen LogP) is 3.26. The van der Waals surface area contributed by atoms with Crippen molar-refractivity contribution in [3.8, 4) is 0 Å². The molecule has 1 aromatic carbocycles. The van der Waals surface area contributed by atoms with E-state index in [1.807, 2.05) is 0 Å². The number of aldehydes is 1. The van der Waals surface area contributed by atoms with E-state index >= 15 is 0 Å². The third-order valence-electron chi connectivity index (χ3n) is 3.48. The van der Waals surface area contributed by atoms with Crippen LogP contribution < -0.4 is 0 Å². The van der Waals surface area contributed by atoms with E-state index in [0.29, 0.717) is 18.3 Å². The van der Waals surface area contributed by atoms with E-state index in [4.69, 9.17) is 4.74 Å². The molecule has 1 saturated heterocycles. The number of likely N-dealkylation sites (tertiary alicyclic amines) is 1. The summed E-state index contributed by atoms with van der Waals surface area (Å²) < 4.78 is 31.9. The number of carbonyl (C=O) groups is 2. The first-order valence-electron chi connectivity index (χ1n) is 7.10. The van der Waals surface area contributed by atoms with E-state index in [1.54, 1.807) is 20.8 Å². The van der Waals surface area contributed by atoms with Gasteiger partial charge in [0.25, 0.3) is 0 Å². The summed E-state index contributed by atoms with van der Waals surface area (Å²) in [5.41, 5.74) is -0.233. The molecule has 2 atom stereocenters. The van der Waals surface area contributed by atoms with Gasteiger partial charge in [0.2, 0.25) is 0 Å². The standard InChI is InChI=1S/C16H19F2NO3/c1-16(2,3)22-15(21)19-8-11(6-14(19)9-20)10-4-12(17)7-13(18)5-10/h4-5,7,9,11,14H,6,8H2,1-3H3/t11-,14?/m1/s1. The van der Waals surface area contributed by atoms with Gasteiger partial charge in [-0.1, -0.05) is 0 Å². The Hall–Kier alpha value is -1.98. The molecule has 1 fully saturated rings. The van der Waals surface area contributed by atoms with E-state index in [2.05, 4.69) is 0 Å². The summed E-state index contributed by atoms with van der Waals surface area (Å²) >= 11 is 0. The van der Waals surface area contributed by atoms with E-state index in [1.165, 1.54) is 17.0 Å². The van der Waals surface area contributed by atoms with E-state index in [-0.39, 0.29) is 12.5 Å². The summed E-state index contributed by atoms with van der Waals surface area (Å²) in [6.45, 7) is 5.39. The van der Waals surface area contributed by atoms with Crippen LogP contribution in [0.25, 0.3) is 0 Å². The zero-order chi connectivity index (χ0) is 16.5. The molecule has 1 aliphatic rings. The molecule has 0 N–H and O–H groups in total. The van der Waals surface area contributed by atoms with Crippen LogP contribution in [0.2, 0.25) is 0 Å². The van der Waals surface area contributed by atoms with Crippen LogP contribution in [0.5, 0.6) is 0 Å². The van der Waals surface area contributed by atoms with Crippen molar-refractivity contribution in [3.63, 3.8) is 0 Å². The first kappa shape index (κ1) is 16.4. The first-order valence-corrected chi connectivity index (χ1v) is 7.10. The maximum Gasteiger partial charge on any atom is 0.410 e. The van der Waals surface area contributed by atoms with Crippen LogP contribution in [-0.4, -0.2) is 35.5 Å². The number of carbonyl (C=O) groups excluding carboxylic acids is 2. The van der Waals surface area contributed by atoms with Crippen LogP contribution >= 0.6 is 0 Å². The van der Waals surface area contributed by atoms with Crippen molar-refractivity contribution in [3.05, 3.63) is 35.4 Å². The molecule has 1 heterocycles. The minimum atomic E-state index is -0.673. The van der Waals surface area contributed by atoms with E-state index < -0.39 is 29.4 Å². The number of nitrogens with zero attached hydrogens (tertiary/aromatic N) is 1. The molecule has 1 aliphatic heterocycles. The maximum atomic E-state index is 13.3. The average molecular weight is 311 g/mol. The van der Waals surface area contributed by atoms with Gasteiger partial charge in [-0.05, 0) is 44.9 Å². The maximum absolute atomic E-state index is 13.3. The summed E-state index contributed by atoms with van der Waals surface area (Å²) in [7, 11) is 0. The molecule has 22 heavy (non-hydrogen) atoms. The van der Waals surface area contributed by atoms with Gasteiger partial charge in [-0.3, -0.25) is 4.90 Å². The minimum absolute atomic E-state index is 0.196. The lowest BCUT2D eigenvalue weighted by Gasteiger charge is -2.26. The molecule has 0 saturated carbocycles. The number of ether oxygens (including phenoxy) is 1. The number of hydrogen-bond acceptors (Lipinski definition) is 3. The molecule has 0 radical (unpaired) electrons. The van der Waals surface area contributed by atoms with Crippen molar-refractivity contribution in [1.82, 2.24) is 4.90 Å². The predicted molar refractivity (Wildman–Crippen MR) is 76.5 cm³/mol. The average Bonchev–Trinajstić information content (AvgIpc) is 2.79. The highest BCUT2D eigenvalue weighted by Crippen LogP contribution is 2.32. The Balaban J connectivity index is 2.18. The lowest BCUT2D eigenvalue weighted by Crippen LogP contribution is -2.40. The normalized spacial score (nSPS) is 21.8. The smallest absolute Gasteiger partial charge is 0.410 e. The third kappa shape index (κ3) is 3.81. The van der Waals surface area contributed by atoms with Crippen molar-refractivity contribution in [2.24, 2.45) is 0 Å². The molecule has 0 aliphatic carbocycles. The largest absolute Gasteiger partial charge is 0.444 e. The van der Waals surface area contributed by atoms with E-state index in [0.717, 1.165) is 6.07 Å². The molecule has 0 spiro atoms. The van der Waals surface area contributed by atoms with Gasteiger partial charge in [-0.2, -0.15) is 0 Å². The van der Waals surface area contributed by atoms with Crippen LogP contribution in [-0.2, 0) is 9.53 Å². The molecule has 4 nitrogen and oxygen atoms in total. The number of hydrogen-bond donors (Lipinski definition) is 0. The zero-order valence-corrected chi connectivity index (χ0v) is 12.8. The number of rotatable bonds is 2. The summed E-state index contributed by atoms with van der Waals surface area (Å²) in [6, 6.07) is 2.61. The highest BCUT2D eigenvalue weighted by atomic mass is 19.1. The third-order valence-corrected chi connectivity index (χ3v) is 3.48. The van der Waals surface area contributed by atoms with Gasteiger partial charge in [0.05, 0.1) is 6.04 Å². The number of benzene rings is 1. The molecule has 120 valence electrons. The van der Waals surface area contributed by atoms with Gasteiger partial charge < -0.3 is 9.53 Å². The van der Waals surface area contributed by atoms with Gasteiger partial charge >= 0.3 is 6.09 Å². The molecular weight excluding hydrogens is 292 g/mol. The van der Waals surface area contributed by atoms with Gasteiger partial charge in [0.15, 0.2) is 0 Å². The van der Waals surface area contributed by atoms with Crippen molar-refractivity contribution >= 4 is 12.4 Å². The molecule has 6 heteroatoms. The minimum Gasteiger partial charge on any atom is -0.444 e. The fraction of sp³-hybridized carbons (Fsp3) is 0.500. The molecule has 2 rings (SSSR count). The van der Waals surface area contributed by atoms with Gasteiger partial charge in [0, 0.05) is 18.5 Å². The van der Waals surface area contributed by atoms with Gasteiger partial charge in [0.1, 0.15) is 23.5 Å². The van der Waals surface area contributed by atoms with Crippen molar-refractivity contribution < 1.29 is 23.1 Å². The van der Waals surface area contributed by atoms with Crippen LogP contribution in [0.4, 0.5) is 13.6 Å². The summed E-state index contributed by atoms with van der Waals surface area (Å²) in [5, 5.41) is 0. The first-order chi connectivity index (χ1) is 10.2. The van der Waals surface area contributed by atoms with Crippen LogP contribution in [0, 0.1) is 11.6 Å². The van der Waals surface area contributed by atoms with Crippen LogP contribution in [0.3, 0.4) is 0 Å². The zero-order valence-electron chi connectivity index (χ0n) is 12.8. The molecule has 1 amide bonds. The fourth-order valence-corrected chi connectivity index (χ4v) is 2.58. The highest BCUT2D eigenvalue weighted by Gasteiger charge is 2.38. The summed E-state index contributed by atoms with van der Waals surface area (Å²) in [5.74, 6) is -1.64. The Morgan fingerprint density at radius 3 is 2.36 bits per heavy atom. The Bertz CT molecular complexity index is 563. The Morgan fingerprint density at radius 2 is 1.86 bits per heavy atom. The van der Waals surface area contributed by atoms with Crippen molar-refractivity contribution in [2.45, 2.75) is 44.8 Å². The topological polar surface area (TPSA) is 46.6 Å². The number of amides is 1. The fourth-order valence-electron chi connectivity index (χ4n) is 2.58. The van der Waals surface area contributed by atoms with Crippen molar-refractivity contribution in [1.29, 1.82) is 0 Å². The van der Waals surface area contributed by atoms with Gasteiger partial charge in [-0.15, -0.1) is 0 Å². The quantitative estimate of drug-likeness (QED) is 0.788. The summed E-state index contributed by atoms with van der Waals surface area (Å²) in [6.07, 6.45) is 0.398. The lowest BCUT2D eigenvalue weighted by atomic mass is 9.96. The molecule has 1 unspecified atom stereocenters. The second kappa shape index (κ2) is 6.02. The van der Waals surface area contributed by atoms with Crippen molar-refractivity contribution in [2.75, 3.05) is 6.54 Å². The SMILES string of the molecule is CC(C)(C)OC(=O)N1C[C@H](c2cc(F)cc(F)c2)CC1C=O. The van der Waals surface area contributed by atoms with Gasteiger partial charge in [-0.25, -0.2) is 13.6 Å². The number of halogens is 2. The van der Waals surface area contributed by atoms with Crippen LogP contribution in [0.15, 0.2) is 18.2 Å². The van der Waals surface area contributed by atoms with Crippen LogP contribution in [0.1, 0.15) is 38.7 Å². The Labute approximate surface area is 128 Å². The highest BCUT2D eigenvalue weighted by molar-refractivity contribution is 5.75. The second-order valence-corrected chi connectivity index (χ2v) is 6.47. The summed E-state index contributed by atoms with van der Waals surface area (Å²) in [4.78, 5) is 24.6. The lowest BCUT2D eigenvalue weighted by molar-refractivity contribution is -0.111. The monoisotopic (exact) mass is 311 g/mol. The molecule has 0 bridgehead atoms. The Morgan fingerprint density at radius 1 is 1.27 bits per heavy atom.